The zero-order valence-corrected chi connectivity index (χ0v) is 42.9. The third-order valence-electron chi connectivity index (χ3n) is 9.37. The van der Waals surface area contributed by atoms with Crippen molar-refractivity contribution < 1.29 is 68.8 Å². The van der Waals surface area contributed by atoms with Gasteiger partial charge in [-0.25, -0.2) is 14.6 Å². The highest BCUT2D eigenvalue weighted by molar-refractivity contribution is 7.93. The summed E-state index contributed by atoms with van der Waals surface area (Å²) in [6.07, 6.45) is -5.30. The van der Waals surface area contributed by atoms with E-state index in [9.17, 15) is 69.4 Å². The number of nitro benzene ring substituents is 2. The van der Waals surface area contributed by atoms with Crippen molar-refractivity contribution in [2.24, 2.45) is 0 Å². The van der Waals surface area contributed by atoms with Crippen molar-refractivity contribution in [1.29, 1.82) is 0 Å². The first-order valence-electron chi connectivity index (χ1n) is 21.0. The van der Waals surface area contributed by atoms with Gasteiger partial charge in [0.2, 0.25) is 5.91 Å². The normalized spacial score (nSPS) is 11.5. The molecule has 5 rings (SSSR count). The van der Waals surface area contributed by atoms with Crippen molar-refractivity contribution in [2.75, 3.05) is 47.0 Å². The fourth-order valence-electron chi connectivity index (χ4n) is 5.97. The van der Waals surface area contributed by atoms with Gasteiger partial charge in [-0.3, -0.25) is 34.6 Å². The number of ether oxygens (including phenoxy) is 1. The Kier molecular flexibility index (Phi) is 22.4. The minimum Gasteiger partial charge on any atom is -0.479 e. The monoisotopic (exact) mass is 1090 g/mol. The van der Waals surface area contributed by atoms with Crippen molar-refractivity contribution in [2.45, 2.75) is 72.7 Å². The molecule has 3 amide bonds. The molecule has 0 aliphatic heterocycles. The van der Waals surface area contributed by atoms with Gasteiger partial charge >= 0.3 is 33.7 Å². The molecule has 0 fully saturated rings. The molecule has 0 saturated carbocycles. The highest BCUT2D eigenvalue weighted by Crippen LogP contribution is 2.43. The van der Waals surface area contributed by atoms with Crippen LogP contribution in [0.3, 0.4) is 0 Å². The van der Waals surface area contributed by atoms with Crippen LogP contribution in [0.4, 0.5) is 64.7 Å². The number of benzene rings is 4. The number of amides is 3. The zero-order chi connectivity index (χ0) is 55.9. The van der Waals surface area contributed by atoms with Crippen LogP contribution in [-0.4, -0.2) is 85.1 Å². The van der Waals surface area contributed by atoms with Crippen molar-refractivity contribution in [3.8, 4) is 5.75 Å². The summed E-state index contributed by atoms with van der Waals surface area (Å²) in [6.45, 7) is 14.9. The molecule has 1 heterocycles. The predicted molar refractivity (Wildman–Crippen MR) is 267 cm³/mol. The first-order valence-corrected chi connectivity index (χ1v) is 23.7. The van der Waals surface area contributed by atoms with E-state index in [2.05, 4.69) is 22.2 Å². The molecule has 19 nitrogen and oxygen atoms in total. The van der Waals surface area contributed by atoms with Crippen LogP contribution in [0, 0.1) is 41.0 Å². The molecule has 398 valence electrons. The van der Waals surface area contributed by atoms with Crippen LogP contribution in [0.25, 0.3) is 10.2 Å². The smallest absolute Gasteiger partial charge is 0.479 e. The first-order chi connectivity index (χ1) is 33.6. The maximum absolute atomic E-state index is 12.9. The lowest BCUT2D eigenvalue weighted by atomic mass is 10.1. The number of aliphatic carboxylic acids is 1. The van der Waals surface area contributed by atoms with Gasteiger partial charge in [0.1, 0.15) is 5.75 Å². The molecule has 0 saturated heterocycles. The summed E-state index contributed by atoms with van der Waals surface area (Å²) in [5.74, 6) is -0.856. The van der Waals surface area contributed by atoms with Gasteiger partial charge in [-0.05, 0) is 94.1 Å². The van der Waals surface area contributed by atoms with E-state index in [0.29, 0.717) is 51.2 Å². The summed E-state index contributed by atoms with van der Waals surface area (Å²) >= 11 is 7.25. The van der Waals surface area contributed by atoms with E-state index in [0.717, 1.165) is 21.8 Å². The number of aryl methyl sites for hydroxylation is 3. The average molecular weight is 1090 g/mol. The number of thiazole rings is 1. The summed E-state index contributed by atoms with van der Waals surface area (Å²) in [5, 5.41) is 37.4. The quantitative estimate of drug-likeness (QED) is 0.0350. The SMILES string of the molecule is C=C(C)CN(CCC)c1c([N+](=O)[O-])cc(C(F)(F)F)cc1[N+](=O)[O-].CC(=O)Nc1cc(NS(=O)(=O)C(F)(F)F)c(C)cc1C.CNC(=O)N(C)c1nc2ccccc2s1.Cc1cc(Cl)ccc1OC(C)C(=O)O. The molecular formula is C45H51ClF6N8O11S2. The number of fused-ring (bicyclic) bond motifs is 1. The minimum atomic E-state index is -5.49. The van der Waals surface area contributed by atoms with Gasteiger partial charge in [0.15, 0.2) is 16.9 Å². The first kappa shape index (κ1) is 61.9. The number of hydrogen-bond donors (Lipinski definition) is 4. The molecule has 0 aliphatic carbocycles. The summed E-state index contributed by atoms with van der Waals surface area (Å²) < 4.78 is 106. The Morgan fingerprint density at radius 3 is 1.93 bits per heavy atom. The molecule has 73 heavy (non-hydrogen) atoms. The number of nitrogens with one attached hydrogen (secondary N) is 3. The second-order valence-corrected chi connectivity index (χ2v) is 18.7. The van der Waals surface area contributed by atoms with Crippen LogP contribution in [0.15, 0.2) is 78.9 Å². The van der Waals surface area contributed by atoms with E-state index >= 15 is 0 Å². The molecule has 0 radical (unpaired) electrons. The molecule has 4 aromatic carbocycles. The van der Waals surface area contributed by atoms with Gasteiger partial charge in [-0.2, -0.15) is 34.8 Å². The molecule has 5 aromatic rings. The number of carboxylic acids is 1. The Balaban J connectivity index is 0.000000340. The molecular weight excluding hydrogens is 1040 g/mol. The van der Waals surface area contributed by atoms with E-state index < -0.39 is 72.2 Å². The highest BCUT2D eigenvalue weighted by Gasteiger charge is 2.46. The largest absolute Gasteiger partial charge is 0.516 e. The number of carboxylic acid groups (broad SMARTS) is 1. The number of rotatable bonds is 14. The average Bonchev–Trinajstić information content (AvgIpc) is 3.72. The van der Waals surface area contributed by atoms with Gasteiger partial charge in [0, 0.05) is 57.0 Å². The molecule has 0 spiro atoms. The van der Waals surface area contributed by atoms with E-state index in [1.165, 1.54) is 52.7 Å². The number of carbonyl (C=O) groups is 3. The summed E-state index contributed by atoms with van der Waals surface area (Å²) in [6, 6.07) is 16.0. The van der Waals surface area contributed by atoms with Crippen LogP contribution in [0.1, 0.15) is 56.4 Å². The molecule has 1 atom stereocenters. The highest BCUT2D eigenvalue weighted by atomic mass is 35.5. The topological polar surface area (TPSA) is 257 Å². The Bertz CT molecular complexity index is 2870. The number of para-hydroxylation sites is 1. The van der Waals surface area contributed by atoms with Crippen LogP contribution in [0.2, 0.25) is 5.02 Å². The predicted octanol–water partition coefficient (Wildman–Crippen LogP) is 11.4. The van der Waals surface area contributed by atoms with Crippen molar-refractivity contribution >= 4 is 94.7 Å². The minimum absolute atomic E-state index is 0.0564. The second-order valence-electron chi connectivity index (χ2n) is 15.6. The maximum Gasteiger partial charge on any atom is 0.516 e. The number of nitrogens with zero attached hydrogens (tertiary/aromatic N) is 5. The fraction of sp³-hybridized carbons (Fsp3) is 0.333. The van der Waals surface area contributed by atoms with Crippen LogP contribution < -0.4 is 29.9 Å². The van der Waals surface area contributed by atoms with Gasteiger partial charge < -0.3 is 25.4 Å². The molecule has 0 aliphatic rings. The van der Waals surface area contributed by atoms with E-state index in [4.69, 9.17) is 21.4 Å². The van der Waals surface area contributed by atoms with Crippen LogP contribution >= 0.6 is 22.9 Å². The number of anilines is 4. The summed E-state index contributed by atoms with van der Waals surface area (Å²) in [4.78, 5) is 60.4. The van der Waals surface area contributed by atoms with Crippen molar-refractivity contribution in [3.05, 3.63) is 126 Å². The fourth-order valence-corrected chi connectivity index (χ4v) is 7.75. The van der Waals surface area contributed by atoms with Crippen molar-refractivity contribution in [1.82, 2.24) is 10.3 Å². The number of aromatic nitrogens is 1. The summed E-state index contributed by atoms with van der Waals surface area (Å²) in [7, 11) is -2.19. The molecule has 1 unspecified atom stereocenters. The number of alkyl halides is 6. The number of halogens is 7. The molecule has 1 aromatic heterocycles. The van der Waals surface area contributed by atoms with Gasteiger partial charge in [-0.15, -0.1) is 0 Å². The lowest BCUT2D eigenvalue weighted by Gasteiger charge is -2.24. The van der Waals surface area contributed by atoms with Gasteiger partial charge in [0.05, 0.1) is 31.3 Å². The van der Waals surface area contributed by atoms with Gasteiger partial charge in [-0.1, -0.05) is 60.2 Å². The molecule has 4 N–H and O–H groups in total. The Morgan fingerprint density at radius 2 is 1.48 bits per heavy atom. The zero-order valence-electron chi connectivity index (χ0n) is 40.5. The standard InChI is InChI=1S/C14H16F3N3O4.C11H13F3N2O3S.C10H11ClO3.C10H11N3OS/c1-4-5-18(8-9(2)3)13-11(19(21)22)6-10(14(15,16)17)7-12(13)20(23)24;1-6-4-7(2)10(5-9(6)15-8(3)17)16-20(18,19)11(12,13)14;1-6-5-8(11)3-4-9(6)14-7(2)10(12)13;1-11-9(14)13(2)10-12-7-5-3-4-6-8(7)15-10/h6-7H,2,4-5,8H2,1,3H3;4-5,16H,1-3H3,(H,15,17);3-5,7H,1-2H3,(H,12,13);3-6H,1-2H3,(H,11,14). The Morgan fingerprint density at radius 1 is 0.918 bits per heavy atom. The second kappa shape index (κ2) is 26.4. The van der Waals surface area contributed by atoms with E-state index in [1.807, 2.05) is 31.2 Å². The van der Waals surface area contributed by atoms with Crippen LogP contribution in [0.5, 0.6) is 5.75 Å². The third-order valence-corrected chi connectivity index (χ3v) is 11.8. The number of carbonyl (C=O) groups excluding carboxylic acids is 2. The van der Waals surface area contributed by atoms with E-state index in [-0.39, 0.29) is 30.5 Å². The number of hydrogen-bond acceptors (Lipinski definition) is 13. The van der Waals surface area contributed by atoms with Crippen molar-refractivity contribution in [3.63, 3.8) is 0 Å². The van der Waals surface area contributed by atoms with Crippen LogP contribution in [-0.2, 0) is 25.8 Å². The maximum atomic E-state index is 12.9. The number of sulfonamides is 1. The number of urea groups is 1. The lowest BCUT2D eigenvalue weighted by molar-refractivity contribution is -0.393. The molecule has 28 heteroatoms. The molecule has 0 bridgehead atoms. The number of nitro groups is 2. The van der Waals surface area contributed by atoms with E-state index in [1.54, 1.807) is 53.1 Å². The Labute approximate surface area is 424 Å². The van der Waals surface area contributed by atoms with Gasteiger partial charge in [0.25, 0.3) is 11.4 Å². The lowest BCUT2D eigenvalue weighted by Crippen LogP contribution is -2.34. The Hall–Kier alpha value is -7.26. The summed E-state index contributed by atoms with van der Waals surface area (Å²) in [5.41, 5.74) is -5.96. The third kappa shape index (κ3) is 18.4.